The lowest BCUT2D eigenvalue weighted by Crippen LogP contribution is -2.30. The van der Waals surface area contributed by atoms with Crippen molar-refractivity contribution in [3.63, 3.8) is 0 Å². The first-order valence-corrected chi connectivity index (χ1v) is 7.19. The largest absolute Gasteiger partial charge is 0.260 e. The molecule has 0 aromatic heterocycles. The average molecular weight is 282 g/mol. The summed E-state index contributed by atoms with van der Waals surface area (Å²) in [5.74, 6) is 2.51. The van der Waals surface area contributed by atoms with Gasteiger partial charge in [-0.05, 0) is 36.5 Å². The van der Waals surface area contributed by atoms with Crippen LogP contribution in [0.1, 0.15) is 18.4 Å². The first kappa shape index (κ1) is 9.91. The number of halogens is 1. The van der Waals surface area contributed by atoms with Crippen LogP contribution in [0.5, 0.6) is 0 Å². The van der Waals surface area contributed by atoms with Crippen LogP contribution < -0.4 is 0 Å². The molecule has 1 aromatic carbocycles. The lowest BCUT2D eigenvalue weighted by Gasteiger charge is -2.32. The van der Waals surface area contributed by atoms with Crippen LogP contribution in [0.2, 0.25) is 0 Å². The van der Waals surface area contributed by atoms with Gasteiger partial charge in [0.1, 0.15) is 0 Å². The first-order valence-electron chi connectivity index (χ1n) is 5.24. The topological polar surface area (TPSA) is 12.4 Å². The number of thioether (sulfide) groups is 1. The molecular formula is C12H12BrNS. The van der Waals surface area contributed by atoms with Gasteiger partial charge in [-0.1, -0.05) is 22.0 Å². The number of benzene rings is 1. The van der Waals surface area contributed by atoms with Gasteiger partial charge in [0.05, 0.1) is 5.69 Å². The molecule has 1 nitrogen and oxygen atoms in total. The Hall–Kier alpha value is -0.280. The van der Waals surface area contributed by atoms with E-state index in [0.717, 1.165) is 5.69 Å². The summed E-state index contributed by atoms with van der Waals surface area (Å²) in [6.07, 6.45) is 4.65. The van der Waals surface area contributed by atoms with Crippen molar-refractivity contribution in [2.45, 2.75) is 18.3 Å². The molecule has 15 heavy (non-hydrogen) atoms. The third-order valence-electron chi connectivity index (χ3n) is 3.33. The smallest absolute Gasteiger partial charge is 0.0678 e. The lowest BCUT2D eigenvalue weighted by molar-refractivity contribution is 0.549. The summed E-state index contributed by atoms with van der Waals surface area (Å²) in [5, 5.41) is 0. The van der Waals surface area contributed by atoms with E-state index < -0.39 is 0 Å². The zero-order chi connectivity index (χ0) is 10.3. The van der Waals surface area contributed by atoms with Gasteiger partial charge in [0.2, 0.25) is 0 Å². The molecule has 2 aliphatic rings. The molecule has 0 saturated carbocycles. The number of rotatable bonds is 0. The third kappa shape index (κ3) is 1.48. The van der Waals surface area contributed by atoms with E-state index in [1.54, 1.807) is 0 Å². The van der Waals surface area contributed by atoms with Crippen molar-refractivity contribution in [3.8, 4) is 0 Å². The first-order chi connectivity index (χ1) is 7.32. The second kappa shape index (κ2) is 3.63. The summed E-state index contributed by atoms with van der Waals surface area (Å²) < 4.78 is 1.23. The molecule has 0 unspecified atom stereocenters. The minimum absolute atomic E-state index is 0.237. The molecule has 1 fully saturated rings. The highest BCUT2D eigenvalue weighted by Crippen LogP contribution is 2.48. The van der Waals surface area contributed by atoms with E-state index in [0.29, 0.717) is 0 Å². The molecule has 0 amide bonds. The maximum Gasteiger partial charge on any atom is 0.0678 e. The number of aliphatic imine (C=N–C) groups is 1. The van der Waals surface area contributed by atoms with E-state index in [2.05, 4.69) is 57.1 Å². The van der Waals surface area contributed by atoms with Gasteiger partial charge in [-0.25, -0.2) is 0 Å². The quantitative estimate of drug-likeness (QED) is 0.702. The Morgan fingerprint density at radius 1 is 1.27 bits per heavy atom. The van der Waals surface area contributed by atoms with Crippen molar-refractivity contribution in [3.05, 3.63) is 28.2 Å². The molecule has 3 rings (SSSR count). The highest BCUT2D eigenvalue weighted by atomic mass is 79.9. The molecule has 1 spiro atoms. The molecular weight excluding hydrogens is 270 g/mol. The molecule has 0 bridgehead atoms. The van der Waals surface area contributed by atoms with E-state index >= 15 is 0 Å². The summed E-state index contributed by atoms with van der Waals surface area (Å²) in [6.45, 7) is 0. The molecule has 3 heteroatoms. The average Bonchev–Trinajstić information content (AvgIpc) is 2.60. The predicted octanol–water partition coefficient (Wildman–Crippen LogP) is 3.93. The number of fused-ring (bicyclic) bond motifs is 2. The number of hydrogen-bond donors (Lipinski definition) is 0. The molecule has 0 radical (unpaired) electrons. The Balaban J connectivity index is 2.13. The highest BCUT2D eigenvalue weighted by Gasteiger charge is 2.38. The standard InChI is InChI=1S/C12H12BrNS/c13-9-2-1-3-10-11(9)12(8-14-10)4-6-15-7-5-12/h1-3,8H,4-7H2. The van der Waals surface area contributed by atoms with Crippen molar-refractivity contribution in [1.82, 2.24) is 0 Å². The minimum Gasteiger partial charge on any atom is -0.260 e. The van der Waals surface area contributed by atoms with Gasteiger partial charge in [0.15, 0.2) is 0 Å². The highest BCUT2D eigenvalue weighted by molar-refractivity contribution is 9.10. The van der Waals surface area contributed by atoms with Crippen molar-refractivity contribution in [2.24, 2.45) is 4.99 Å². The fraction of sp³-hybridized carbons (Fsp3) is 0.417. The Labute approximate surface area is 102 Å². The Morgan fingerprint density at radius 3 is 2.87 bits per heavy atom. The fourth-order valence-electron chi connectivity index (χ4n) is 2.49. The van der Waals surface area contributed by atoms with Gasteiger partial charge in [-0.3, -0.25) is 4.99 Å². The molecule has 0 atom stereocenters. The minimum atomic E-state index is 0.237. The SMILES string of the molecule is Brc1cccc2c1C1(C=N2)CCSCC1. The zero-order valence-corrected chi connectivity index (χ0v) is 10.8. The molecule has 2 heterocycles. The van der Waals surface area contributed by atoms with Crippen molar-refractivity contribution < 1.29 is 0 Å². The van der Waals surface area contributed by atoms with Crippen LogP contribution in [0.15, 0.2) is 27.7 Å². The van der Waals surface area contributed by atoms with Crippen LogP contribution >= 0.6 is 27.7 Å². The summed E-state index contributed by atoms with van der Waals surface area (Å²) in [4.78, 5) is 4.57. The van der Waals surface area contributed by atoms with E-state index in [4.69, 9.17) is 0 Å². The molecule has 2 aliphatic heterocycles. The van der Waals surface area contributed by atoms with E-state index in [9.17, 15) is 0 Å². The maximum absolute atomic E-state index is 4.57. The zero-order valence-electron chi connectivity index (χ0n) is 8.37. The lowest BCUT2D eigenvalue weighted by atomic mass is 9.77. The monoisotopic (exact) mass is 281 g/mol. The molecule has 1 saturated heterocycles. The normalized spacial score (nSPS) is 21.9. The summed E-state index contributed by atoms with van der Waals surface area (Å²) >= 11 is 5.73. The molecule has 1 aromatic rings. The summed E-state index contributed by atoms with van der Waals surface area (Å²) in [5.41, 5.74) is 2.82. The second-order valence-electron chi connectivity index (χ2n) is 4.16. The van der Waals surface area contributed by atoms with E-state index in [-0.39, 0.29) is 5.41 Å². The Morgan fingerprint density at radius 2 is 2.07 bits per heavy atom. The summed E-state index contributed by atoms with van der Waals surface area (Å²) in [6, 6.07) is 6.32. The van der Waals surface area contributed by atoms with Crippen LogP contribution in [-0.4, -0.2) is 17.7 Å². The van der Waals surface area contributed by atoms with Crippen LogP contribution in [0.4, 0.5) is 5.69 Å². The molecule has 78 valence electrons. The second-order valence-corrected chi connectivity index (χ2v) is 6.24. The van der Waals surface area contributed by atoms with Gasteiger partial charge < -0.3 is 0 Å². The fourth-order valence-corrected chi connectivity index (χ4v) is 4.46. The van der Waals surface area contributed by atoms with Crippen molar-refractivity contribution >= 4 is 39.6 Å². The van der Waals surface area contributed by atoms with Crippen LogP contribution in [0.3, 0.4) is 0 Å². The number of nitrogens with zero attached hydrogens (tertiary/aromatic N) is 1. The maximum atomic E-state index is 4.57. The number of hydrogen-bond acceptors (Lipinski definition) is 2. The van der Waals surface area contributed by atoms with Crippen LogP contribution in [0, 0.1) is 0 Å². The van der Waals surface area contributed by atoms with Gasteiger partial charge in [-0.2, -0.15) is 11.8 Å². The van der Waals surface area contributed by atoms with Gasteiger partial charge in [0.25, 0.3) is 0 Å². The molecule has 0 aliphatic carbocycles. The van der Waals surface area contributed by atoms with Crippen LogP contribution in [0.25, 0.3) is 0 Å². The van der Waals surface area contributed by atoms with Crippen molar-refractivity contribution in [2.75, 3.05) is 11.5 Å². The van der Waals surface area contributed by atoms with Gasteiger partial charge >= 0.3 is 0 Å². The molecule has 0 N–H and O–H groups in total. The van der Waals surface area contributed by atoms with Crippen molar-refractivity contribution in [1.29, 1.82) is 0 Å². The van der Waals surface area contributed by atoms with Gasteiger partial charge in [0, 0.05) is 21.7 Å². The Kier molecular flexibility index (Phi) is 2.40. The van der Waals surface area contributed by atoms with Gasteiger partial charge in [-0.15, -0.1) is 0 Å². The summed E-state index contributed by atoms with van der Waals surface area (Å²) in [7, 11) is 0. The van der Waals surface area contributed by atoms with E-state index in [1.165, 1.54) is 34.4 Å². The predicted molar refractivity (Wildman–Crippen MR) is 70.5 cm³/mol. The van der Waals surface area contributed by atoms with E-state index in [1.807, 2.05) is 0 Å². The van der Waals surface area contributed by atoms with Crippen LogP contribution in [-0.2, 0) is 5.41 Å². The Bertz CT molecular complexity index is 422. The third-order valence-corrected chi connectivity index (χ3v) is 4.97.